The van der Waals surface area contributed by atoms with E-state index in [9.17, 15) is 34.2 Å². The van der Waals surface area contributed by atoms with Gasteiger partial charge in [-0.15, -0.1) is 11.8 Å². The summed E-state index contributed by atoms with van der Waals surface area (Å²) in [6, 6.07) is 8.69. The third kappa shape index (κ3) is 6.70. The lowest BCUT2D eigenvalue weighted by Gasteiger charge is -2.49. The Balaban J connectivity index is 1.29. The van der Waals surface area contributed by atoms with Gasteiger partial charge in [-0.1, -0.05) is 32.9 Å². The normalized spacial score (nSPS) is 19.0. The number of carboxylic acids is 2. The fraction of sp³-hybridized carbons (Fsp3) is 0.433. The summed E-state index contributed by atoms with van der Waals surface area (Å²) < 4.78 is 1.90. The molecule has 1 aromatic heterocycles. The van der Waals surface area contributed by atoms with E-state index >= 15 is 0 Å². The van der Waals surface area contributed by atoms with Crippen LogP contribution in [0.25, 0.3) is 0 Å². The van der Waals surface area contributed by atoms with Crippen LogP contribution in [-0.4, -0.2) is 72.6 Å². The van der Waals surface area contributed by atoms with Gasteiger partial charge in [-0.25, -0.2) is 9.59 Å². The number of β-lactam (4-membered cyclic amide) rings is 1. The Morgan fingerprint density at radius 1 is 1.10 bits per heavy atom. The molecule has 2 aliphatic rings. The lowest BCUT2D eigenvalue weighted by Crippen LogP contribution is -2.70. The van der Waals surface area contributed by atoms with Crippen LogP contribution in [0.1, 0.15) is 61.6 Å². The Kier molecular flexibility index (Phi) is 9.15. The maximum atomic E-state index is 12.9. The molecule has 4 N–H and O–H groups in total. The van der Waals surface area contributed by atoms with Gasteiger partial charge < -0.3 is 25.4 Å². The number of nitrogens with zero attached hydrogens (tertiary/aromatic N) is 2. The second-order valence-corrected chi connectivity index (χ2v) is 12.7. The number of aliphatic carboxylic acids is 2. The van der Waals surface area contributed by atoms with Crippen molar-refractivity contribution in [2.45, 2.75) is 69.3 Å². The van der Waals surface area contributed by atoms with Gasteiger partial charge in [0.15, 0.2) is 0 Å². The van der Waals surface area contributed by atoms with Crippen LogP contribution in [0.15, 0.2) is 53.9 Å². The van der Waals surface area contributed by atoms with Crippen molar-refractivity contribution in [2.75, 3.05) is 5.75 Å². The summed E-state index contributed by atoms with van der Waals surface area (Å²) in [7, 11) is 1.87. The minimum absolute atomic E-state index is 0.0197. The van der Waals surface area contributed by atoms with Gasteiger partial charge in [-0.3, -0.25) is 19.3 Å². The van der Waals surface area contributed by atoms with Gasteiger partial charge >= 0.3 is 11.9 Å². The summed E-state index contributed by atoms with van der Waals surface area (Å²) >= 11 is 1.40. The molecular formula is C30H36N4O7S. The largest absolute Gasteiger partial charge is 0.480 e. The van der Waals surface area contributed by atoms with Crippen LogP contribution in [-0.2, 0) is 38.1 Å². The van der Waals surface area contributed by atoms with E-state index in [0.29, 0.717) is 23.3 Å². The number of carbonyl (C=O) groups is 5. The monoisotopic (exact) mass is 596 g/mol. The summed E-state index contributed by atoms with van der Waals surface area (Å²) in [5.41, 5.74) is 2.82. The first-order valence-electron chi connectivity index (χ1n) is 13.7. The standard InChI is InChI=1S/C30H36N4O7S/c1-30(2,3)19-12-10-17(11-13-19)25(36)31-21(28(38)39)8-5-9-22(35)32-23-26(37)34-24(29(40)41)18(16-42-27(23)34)15-20-7-6-14-33(20)4/h6-7,10-14,21,23,27H,5,8-9,15-16H2,1-4H3,(H,31,36)(H,32,35)(H,38,39)(H,40,41)/t21?,23-,27+/m1/s1. The molecular weight excluding hydrogens is 560 g/mol. The molecule has 11 nitrogen and oxygen atoms in total. The molecule has 4 rings (SSSR count). The molecule has 1 fully saturated rings. The van der Waals surface area contributed by atoms with Crippen molar-refractivity contribution < 1.29 is 34.2 Å². The molecule has 0 saturated carbocycles. The smallest absolute Gasteiger partial charge is 0.352 e. The van der Waals surface area contributed by atoms with E-state index in [1.807, 2.05) is 42.1 Å². The van der Waals surface area contributed by atoms with E-state index in [0.717, 1.165) is 11.3 Å². The highest BCUT2D eigenvalue weighted by atomic mass is 32.2. The molecule has 0 spiro atoms. The fourth-order valence-electron chi connectivity index (χ4n) is 5.05. The van der Waals surface area contributed by atoms with Crippen LogP contribution in [0.5, 0.6) is 0 Å². The topological polar surface area (TPSA) is 158 Å². The molecule has 1 unspecified atom stereocenters. The van der Waals surface area contributed by atoms with Crippen LogP contribution in [0.3, 0.4) is 0 Å². The highest BCUT2D eigenvalue weighted by molar-refractivity contribution is 8.00. The van der Waals surface area contributed by atoms with E-state index in [4.69, 9.17) is 0 Å². The molecule has 0 aliphatic carbocycles. The maximum Gasteiger partial charge on any atom is 0.352 e. The maximum absolute atomic E-state index is 12.9. The number of aromatic nitrogens is 1. The molecule has 0 bridgehead atoms. The van der Waals surface area contributed by atoms with Crippen molar-refractivity contribution in [3.63, 3.8) is 0 Å². The van der Waals surface area contributed by atoms with Crippen molar-refractivity contribution in [1.82, 2.24) is 20.1 Å². The number of carbonyl (C=O) groups excluding carboxylic acids is 3. The number of amides is 3. The summed E-state index contributed by atoms with van der Waals surface area (Å²) in [5.74, 6) is -3.44. The number of fused-ring (bicyclic) bond motifs is 1. The van der Waals surface area contributed by atoms with Gasteiger partial charge in [0.05, 0.1) is 0 Å². The fourth-order valence-corrected chi connectivity index (χ4v) is 6.40. The van der Waals surface area contributed by atoms with Gasteiger partial charge in [0.1, 0.15) is 23.2 Å². The SMILES string of the molecule is Cn1cccc1CC1=C(C(=O)O)N2C(=O)[C@@H](NC(=O)CCCC(NC(=O)c3ccc(C(C)(C)C)cc3)C(=O)O)[C@@H]2SC1. The van der Waals surface area contributed by atoms with Gasteiger partial charge in [-0.05, 0) is 53.7 Å². The van der Waals surface area contributed by atoms with Crippen LogP contribution >= 0.6 is 11.8 Å². The number of aryl methyl sites for hydroxylation is 1. The zero-order valence-corrected chi connectivity index (χ0v) is 24.9. The van der Waals surface area contributed by atoms with Crippen molar-refractivity contribution in [3.8, 4) is 0 Å². The predicted molar refractivity (Wildman–Crippen MR) is 157 cm³/mol. The molecule has 2 aliphatic heterocycles. The lowest BCUT2D eigenvalue weighted by atomic mass is 9.86. The quantitative estimate of drug-likeness (QED) is 0.288. The number of carboxylic acid groups (broad SMARTS) is 2. The highest BCUT2D eigenvalue weighted by Crippen LogP contribution is 2.41. The molecule has 3 heterocycles. The van der Waals surface area contributed by atoms with Gasteiger partial charge in [-0.2, -0.15) is 0 Å². The average molecular weight is 597 g/mol. The van der Waals surface area contributed by atoms with E-state index in [-0.39, 0.29) is 30.4 Å². The van der Waals surface area contributed by atoms with E-state index in [2.05, 4.69) is 31.4 Å². The number of thioether (sulfide) groups is 1. The third-order valence-electron chi connectivity index (χ3n) is 7.53. The van der Waals surface area contributed by atoms with Gasteiger partial charge in [0.25, 0.3) is 11.8 Å². The van der Waals surface area contributed by atoms with E-state index in [1.165, 1.54) is 16.7 Å². The van der Waals surface area contributed by atoms with Gasteiger partial charge in [0, 0.05) is 43.1 Å². The average Bonchev–Trinajstić information content (AvgIpc) is 3.34. The van der Waals surface area contributed by atoms with Crippen molar-refractivity contribution in [3.05, 3.63) is 70.7 Å². The number of hydrogen-bond acceptors (Lipinski definition) is 6. The molecule has 1 aromatic carbocycles. The number of hydrogen-bond donors (Lipinski definition) is 4. The zero-order chi connectivity index (χ0) is 30.8. The molecule has 2 aromatic rings. The molecule has 12 heteroatoms. The minimum atomic E-state index is -1.21. The molecule has 3 atom stereocenters. The van der Waals surface area contributed by atoms with Crippen molar-refractivity contribution >= 4 is 41.4 Å². The molecule has 3 amide bonds. The highest BCUT2D eigenvalue weighted by Gasteiger charge is 2.54. The van der Waals surface area contributed by atoms with Crippen LogP contribution in [0.2, 0.25) is 0 Å². The summed E-state index contributed by atoms with van der Waals surface area (Å²) in [5, 5.41) is 24.1. The van der Waals surface area contributed by atoms with Gasteiger partial charge in [0.2, 0.25) is 5.91 Å². The molecule has 224 valence electrons. The Labute approximate surface area is 248 Å². The first kappa shape index (κ1) is 30.9. The Morgan fingerprint density at radius 2 is 1.79 bits per heavy atom. The molecule has 0 radical (unpaired) electrons. The lowest BCUT2D eigenvalue weighted by molar-refractivity contribution is -0.150. The molecule has 42 heavy (non-hydrogen) atoms. The van der Waals surface area contributed by atoms with Crippen molar-refractivity contribution in [2.24, 2.45) is 7.05 Å². The summed E-state index contributed by atoms with van der Waals surface area (Å²) in [4.78, 5) is 63.3. The minimum Gasteiger partial charge on any atom is -0.480 e. The summed E-state index contributed by atoms with van der Waals surface area (Å²) in [6.07, 6.45) is 2.39. The Bertz CT molecular complexity index is 1420. The molecule has 1 saturated heterocycles. The van der Waals surface area contributed by atoms with Crippen LogP contribution < -0.4 is 10.6 Å². The Morgan fingerprint density at radius 3 is 2.36 bits per heavy atom. The second kappa shape index (κ2) is 12.4. The summed E-state index contributed by atoms with van der Waals surface area (Å²) in [6.45, 7) is 6.16. The Hall–Kier alpha value is -4.06. The zero-order valence-electron chi connectivity index (χ0n) is 24.0. The van der Waals surface area contributed by atoms with Crippen molar-refractivity contribution in [1.29, 1.82) is 0 Å². The third-order valence-corrected chi connectivity index (χ3v) is 8.86. The first-order valence-corrected chi connectivity index (χ1v) is 14.8. The van der Waals surface area contributed by atoms with Crippen LogP contribution in [0.4, 0.5) is 0 Å². The predicted octanol–water partition coefficient (Wildman–Crippen LogP) is 2.66. The second-order valence-electron chi connectivity index (χ2n) is 11.6. The number of benzene rings is 1. The van der Waals surface area contributed by atoms with Crippen LogP contribution in [0, 0.1) is 0 Å². The first-order chi connectivity index (χ1) is 19.8. The number of nitrogens with one attached hydrogen (secondary N) is 2. The van der Waals surface area contributed by atoms with E-state index in [1.54, 1.807) is 12.1 Å². The van der Waals surface area contributed by atoms with E-state index < -0.39 is 47.1 Å². The number of rotatable bonds is 11.